The Kier molecular flexibility index (Phi) is 4.53. The lowest BCUT2D eigenvalue weighted by molar-refractivity contribution is -0.00570. The molecule has 1 spiro atoms. The molecular formula is C24H27NO3. The van der Waals surface area contributed by atoms with Crippen molar-refractivity contribution in [1.29, 1.82) is 0 Å². The minimum absolute atomic E-state index is 0.0536. The number of fused-ring (bicyclic) bond motifs is 1. The number of Topliss-reactive ketones (excluding diaryl/α,β-unsaturated/α-hetero) is 1. The fourth-order valence-electron chi connectivity index (χ4n) is 4.13. The molecule has 0 radical (unpaired) electrons. The van der Waals surface area contributed by atoms with Crippen LogP contribution < -0.4 is 4.74 Å². The van der Waals surface area contributed by atoms with Crippen LogP contribution in [0.15, 0.2) is 48.5 Å². The van der Waals surface area contributed by atoms with Crippen molar-refractivity contribution in [2.24, 2.45) is 0 Å². The molecule has 2 aromatic rings. The zero-order valence-electron chi connectivity index (χ0n) is 16.8. The molecule has 4 rings (SSSR count). The summed E-state index contributed by atoms with van der Waals surface area (Å²) in [4.78, 5) is 27.3. The number of hydrogen-bond donors (Lipinski definition) is 0. The first kappa shape index (κ1) is 18.7. The standard InChI is InChI=1S/C24H27NO3/c1-23(2,3)18-10-8-17(9-11-18)22(27)25-14-12-24(13-15-25)16-20(26)19-6-4-5-7-21(19)28-24/h4-11H,12-16H2,1-3H3. The number of benzene rings is 2. The zero-order chi connectivity index (χ0) is 19.9. The van der Waals surface area contributed by atoms with Crippen LogP contribution in [-0.4, -0.2) is 35.3 Å². The van der Waals surface area contributed by atoms with Gasteiger partial charge in [-0.3, -0.25) is 9.59 Å². The van der Waals surface area contributed by atoms with Crippen molar-refractivity contribution < 1.29 is 14.3 Å². The first-order valence-corrected chi connectivity index (χ1v) is 9.99. The summed E-state index contributed by atoms with van der Waals surface area (Å²) in [7, 11) is 0. The van der Waals surface area contributed by atoms with Crippen LogP contribution in [0.3, 0.4) is 0 Å². The highest BCUT2D eigenvalue weighted by atomic mass is 16.5. The molecule has 1 fully saturated rings. The summed E-state index contributed by atoms with van der Waals surface area (Å²) in [6.45, 7) is 7.71. The Morgan fingerprint density at radius 3 is 2.29 bits per heavy atom. The number of carbonyl (C=O) groups is 2. The Hall–Kier alpha value is -2.62. The molecule has 0 atom stereocenters. The number of nitrogens with zero attached hydrogens (tertiary/aromatic N) is 1. The quantitative estimate of drug-likeness (QED) is 0.728. The molecule has 1 saturated heterocycles. The number of piperidine rings is 1. The highest BCUT2D eigenvalue weighted by Crippen LogP contribution is 2.39. The molecule has 2 aliphatic heterocycles. The minimum atomic E-state index is -0.474. The van der Waals surface area contributed by atoms with Gasteiger partial charge in [0.25, 0.3) is 5.91 Å². The van der Waals surface area contributed by atoms with Crippen LogP contribution in [0.4, 0.5) is 0 Å². The maximum absolute atomic E-state index is 12.9. The second-order valence-corrected chi connectivity index (χ2v) is 9.00. The third-order valence-electron chi connectivity index (χ3n) is 5.96. The molecule has 4 nitrogen and oxygen atoms in total. The summed E-state index contributed by atoms with van der Waals surface area (Å²) in [5.41, 5.74) is 2.20. The number of likely N-dealkylation sites (tertiary alicyclic amines) is 1. The summed E-state index contributed by atoms with van der Waals surface area (Å²) >= 11 is 0. The Bertz CT molecular complexity index is 900. The van der Waals surface area contributed by atoms with Gasteiger partial charge in [0.2, 0.25) is 0 Å². The predicted octanol–water partition coefficient (Wildman–Crippen LogP) is 4.62. The Labute approximate surface area is 166 Å². The van der Waals surface area contributed by atoms with Crippen molar-refractivity contribution in [2.45, 2.75) is 51.0 Å². The summed E-state index contributed by atoms with van der Waals surface area (Å²) in [6, 6.07) is 15.4. The molecule has 0 N–H and O–H groups in total. The van der Waals surface area contributed by atoms with Gasteiger partial charge in [0, 0.05) is 31.5 Å². The summed E-state index contributed by atoms with van der Waals surface area (Å²) in [5, 5.41) is 0. The van der Waals surface area contributed by atoms with Gasteiger partial charge in [0.1, 0.15) is 11.4 Å². The van der Waals surface area contributed by atoms with Crippen LogP contribution in [0.5, 0.6) is 5.75 Å². The normalized spacial score (nSPS) is 18.5. The number of rotatable bonds is 1. The van der Waals surface area contributed by atoms with E-state index < -0.39 is 5.60 Å². The topological polar surface area (TPSA) is 46.6 Å². The molecule has 28 heavy (non-hydrogen) atoms. The maximum Gasteiger partial charge on any atom is 0.253 e. The Morgan fingerprint density at radius 2 is 1.64 bits per heavy atom. The number of hydrogen-bond acceptors (Lipinski definition) is 3. The highest BCUT2D eigenvalue weighted by Gasteiger charge is 2.43. The van der Waals surface area contributed by atoms with E-state index in [2.05, 4.69) is 20.8 Å². The average molecular weight is 377 g/mol. The van der Waals surface area contributed by atoms with Crippen molar-refractivity contribution in [1.82, 2.24) is 4.90 Å². The lowest BCUT2D eigenvalue weighted by atomic mass is 9.82. The fraction of sp³-hybridized carbons (Fsp3) is 0.417. The highest BCUT2D eigenvalue weighted by molar-refractivity contribution is 6.00. The van der Waals surface area contributed by atoms with Gasteiger partial charge in [0.05, 0.1) is 12.0 Å². The van der Waals surface area contributed by atoms with E-state index in [0.717, 1.165) is 5.56 Å². The van der Waals surface area contributed by atoms with E-state index in [1.54, 1.807) is 0 Å². The molecule has 2 aliphatic rings. The van der Waals surface area contributed by atoms with Crippen LogP contribution >= 0.6 is 0 Å². The summed E-state index contributed by atoms with van der Waals surface area (Å²) in [6.07, 6.45) is 1.75. The molecule has 146 valence electrons. The van der Waals surface area contributed by atoms with Crippen LogP contribution in [0, 0.1) is 0 Å². The predicted molar refractivity (Wildman–Crippen MR) is 109 cm³/mol. The summed E-state index contributed by atoms with van der Waals surface area (Å²) in [5.74, 6) is 0.869. The SMILES string of the molecule is CC(C)(C)c1ccc(C(=O)N2CCC3(CC2)CC(=O)c2ccccc2O3)cc1. The van der Waals surface area contributed by atoms with Gasteiger partial charge < -0.3 is 9.64 Å². The lowest BCUT2D eigenvalue weighted by Gasteiger charge is -2.44. The van der Waals surface area contributed by atoms with Crippen LogP contribution in [-0.2, 0) is 5.41 Å². The van der Waals surface area contributed by atoms with Crippen LogP contribution in [0.2, 0.25) is 0 Å². The van der Waals surface area contributed by atoms with Crippen molar-refractivity contribution in [3.05, 3.63) is 65.2 Å². The van der Waals surface area contributed by atoms with Gasteiger partial charge in [0.15, 0.2) is 5.78 Å². The van der Waals surface area contributed by atoms with Gasteiger partial charge in [-0.2, -0.15) is 0 Å². The van der Waals surface area contributed by atoms with Gasteiger partial charge in [-0.25, -0.2) is 0 Å². The second kappa shape index (κ2) is 6.77. The monoisotopic (exact) mass is 377 g/mol. The zero-order valence-corrected chi connectivity index (χ0v) is 16.8. The third-order valence-corrected chi connectivity index (χ3v) is 5.96. The smallest absolute Gasteiger partial charge is 0.253 e. The van der Waals surface area contributed by atoms with Crippen LogP contribution in [0.25, 0.3) is 0 Å². The molecule has 0 bridgehead atoms. The van der Waals surface area contributed by atoms with Gasteiger partial charge >= 0.3 is 0 Å². The van der Waals surface area contributed by atoms with E-state index in [1.165, 1.54) is 5.56 Å². The number of ketones is 1. The van der Waals surface area contributed by atoms with E-state index in [0.29, 0.717) is 43.7 Å². The number of ether oxygens (including phenoxy) is 1. The van der Waals surface area contributed by atoms with E-state index in [1.807, 2.05) is 53.4 Å². The van der Waals surface area contributed by atoms with E-state index in [9.17, 15) is 9.59 Å². The fourth-order valence-corrected chi connectivity index (χ4v) is 4.13. The molecule has 4 heteroatoms. The molecule has 0 aromatic heterocycles. The molecule has 0 aliphatic carbocycles. The molecule has 2 aromatic carbocycles. The van der Waals surface area contributed by atoms with E-state index in [4.69, 9.17) is 4.74 Å². The summed E-state index contributed by atoms with van der Waals surface area (Å²) < 4.78 is 6.26. The largest absolute Gasteiger partial charge is 0.486 e. The van der Waals surface area contributed by atoms with Gasteiger partial charge in [-0.15, -0.1) is 0 Å². The second-order valence-electron chi connectivity index (χ2n) is 9.00. The van der Waals surface area contributed by atoms with Crippen molar-refractivity contribution in [2.75, 3.05) is 13.1 Å². The average Bonchev–Trinajstić information content (AvgIpc) is 2.67. The van der Waals surface area contributed by atoms with Gasteiger partial charge in [-0.05, 0) is 35.2 Å². The van der Waals surface area contributed by atoms with Crippen molar-refractivity contribution in [3.8, 4) is 5.75 Å². The van der Waals surface area contributed by atoms with E-state index >= 15 is 0 Å². The first-order chi connectivity index (χ1) is 13.3. The van der Waals surface area contributed by atoms with E-state index in [-0.39, 0.29) is 17.1 Å². The number of carbonyl (C=O) groups excluding carboxylic acids is 2. The molecule has 2 heterocycles. The van der Waals surface area contributed by atoms with Gasteiger partial charge in [-0.1, -0.05) is 45.0 Å². The molecule has 0 unspecified atom stereocenters. The van der Waals surface area contributed by atoms with Crippen LogP contribution in [0.1, 0.15) is 66.3 Å². The molecule has 0 saturated carbocycles. The van der Waals surface area contributed by atoms with Crippen molar-refractivity contribution >= 4 is 11.7 Å². The Morgan fingerprint density at radius 1 is 1.00 bits per heavy atom. The first-order valence-electron chi connectivity index (χ1n) is 9.99. The number of para-hydroxylation sites is 1. The lowest BCUT2D eigenvalue weighted by Crippen LogP contribution is -2.52. The minimum Gasteiger partial charge on any atom is -0.486 e. The molecule has 1 amide bonds. The molecular weight excluding hydrogens is 350 g/mol. The Balaban J connectivity index is 1.44. The third kappa shape index (κ3) is 3.44. The van der Waals surface area contributed by atoms with Crippen molar-refractivity contribution in [3.63, 3.8) is 0 Å². The number of amides is 1. The maximum atomic E-state index is 12.9.